The van der Waals surface area contributed by atoms with E-state index in [0.717, 1.165) is 5.56 Å². The van der Waals surface area contributed by atoms with Crippen molar-refractivity contribution in [2.24, 2.45) is 0 Å². The van der Waals surface area contributed by atoms with Crippen molar-refractivity contribution < 1.29 is 22.6 Å². The fourth-order valence-electron chi connectivity index (χ4n) is 2.81. The molecule has 0 fully saturated rings. The number of aryl methyl sites for hydroxylation is 2. The first-order chi connectivity index (χ1) is 12.2. The molecular weight excluding hydrogens is 354 g/mol. The molecule has 0 aromatic heterocycles. The average molecular weight is 379 g/mol. The molecule has 0 bridgehead atoms. The molecule has 6 nitrogen and oxygen atoms in total. The molecule has 7 heteroatoms. The van der Waals surface area contributed by atoms with Crippen molar-refractivity contribution in [3.63, 3.8) is 0 Å². The lowest BCUT2D eigenvalue weighted by Crippen LogP contribution is -2.28. The third kappa shape index (κ3) is 4.11. The minimum atomic E-state index is -3.73. The molecule has 1 N–H and O–H groups in total. The van der Waals surface area contributed by atoms with E-state index in [9.17, 15) is 8.42 Å². The summed E-state index contributed by atoms with van der Waals surface area (Å²) in [5.74, 6) is 1.87. The first-order valence-electron chi connectivity index (χ1n) is 8.13. The van der Waals surface area contributed by atoms with Crippen LogP contribution >= 0.6 is 0 Å². The highest BCUT2D eigenvalue weighted by molar-refractivity contribution is 7.89. The zero-order valence-corrected chi connectivity index (χ0v) is 16.7. The van der Waals surface area contributed by atoms with Gasteiger partial charge in [-0.3, -0.25) is 0 Å². The fraction of sp³-hybridized carbons (Fsp3) is 0.368. The maximum absolute atomic E-state index is 12.9. The molecule has 1 atom stereocenters. The Hall–Kier alpha value is -2.25. The Morgan fingerprint density at radius 3 is 2.12 bits per heavy atom. The van der Waals surface area contributed by atoms with Crippen molar-refractivity contribution in [1.29, 1.82) is 0 Å². The van der Waals surface area contributed by atoms with E-state index in [1.165, 1.54) is 0 Å². The van der Waals surface area contributed by atoms with Crippen molar-refractivity contribution in [3.05, 3.63) is 47.0 Å². The molecule has 0 spiro atoms. The van der Waals surface area contributed by atoms with Gasteiger partial charge in [0.15, 0.2) is 0 Å². The minimum absolute atomic E-state index is 0.226. The van der Waals surface area contributed by atoms with Gasteiger partial charge < -0.3 is 14.2 Å². The lowest BCUT2D eigenvalue weighted by molar-refractivity contribution is 0.395. The number of benzene rings is 2. The van der Waals surface area contributed by atoms with E-state index in [-0.39, 0.29) is 4.90 Å². The number of hydrogen-bond acceptors (Lipinski definition) is 5. The van der Waals surface area contributed by atoms with Gasteiger partial charge in [0.05, 0.1) is 26.2 Å². The van der Waals surface area contributed by atoms with Crippen LogP contribution in [0.5, 0.6) is 17.2 Å². The maximum atomic E-state index is 12.9. The molecule has 142 valence electrons. The van der Waals surface area contributed by atoms with E-state index >= 15 is 0 Å². The number of nitrogens with one attached hydrogen (secondary N) is 1. The second-order valence-corrected chi connectivity index (χ2v) is 7.72. The number of methoxy groups -OCH3 is 3. The van der Waals surface area contributed by atoms with Crippen molar-refractivity contribution in [2.45, 2.75) is 31.7 Å². The molecular formula is C19H25NO5S. The predicted octanol–water partition coefficient (Wildman–Crippen LogP) is 3.37. The minimum Gasteiger partial charge on any atom is -0.497 e. The average Bonchev–Trinajstić information content (AvgIpc) is 2.62. The number of ether oxygens (including phenoxy) is 3. The second kappa shape index (κ2) is 7.97. The topological polar surface area (TPSA) is 73.9 Å². The van der Waals surface area contributed by atoms with Crippen LogP contribution in [0.3, 0.4) is 0 Å². The largest absolute Gasteiger partial charge is 0.497 e. The highest BCUT2D eigenvalue weighted by atomic mass is 32.2. The summed E-state index contributed by atoms with van der Waals surface area (Å²) in [4.78, 5) is 0.226. The van der Waals surface area contributed by atoms with Gasteiger partial charge >= 0.3 is 0 Å². The van der Waals surface area contributed by atoms with Crippen molar-refractivity contribution in [2.75, 3.05) is 21.3 Å². The van der Waals surface area contributed by atoms with Crippen LogP contribution in [0.1, 0.15) is 29.7 Å². The Balaban J connectivity index is 2.40. The van der Waals surface area contributed by atoms with Crippen molar-refractivity contribution in [3.8, 4) is 17.2 Å². The zero-order valence-electron chi connectivity index (χ0n) is 15.9. The Kier molecular flexibility index (Phi) is 6.15. The summed E-state index contributed by atoms with van der Waals surface area (Å²) in [6.07, 6.45) is 0. The lowest BCUT2D eigenvalue weighted by Gasteiger charge is -2.19. The normalized spacial score (nSPS) is 12.5. The van der Waals surface area contributed by atoms with Crippen molar-refractivity contribution in [1.82, 2.24) is 4.72 Å². The highest BCUT2D eigenvalue weighted by Crippen LogP contribution is 2.31. The van der Waals surface area contributed by atoms with E-state index in [1.54, 1.807) is 65.5 Å². The van der Waals surface area contributed by atoms with Crippen LogP contribution in [0.25, 0.3) is 0 Å². The summed E-state index contributed by atoms with van der Waals surface area (Å²) < 4.78 is 44.4. The Bertz CT molecular complexity index is 893. The standard InChI is InChI=1S/C19H25NO5S/c1-12-10-19(13(2)9-18(12)25-6)26(21,22)20-14(3)16-11-15(23-4)7-8-17(16)24-5/h7-11,14,20H,1-6H3. The Morgan fingerprint density at radius 1 is 0.885 bits per heavy atom. The molecule has 0 heterocycles. The number of sulfonamides is 1. The van der Waals surface area contributed by atoms with Gasteiger partial charge in [0.25, 0.3) is 0 Å². The summed E-state index contributed by atoms with van der Waals surface area (Å²) in [5, 5.41) is 0. The first-order valence-corrected chi connectivity index (χ1v) is 9.61. The Morgan fingerprint density at radius 2 is 1.54 bits per heavy atom. The monoisotopic (exact) mass is 379 g/mol. The number of hydrogen-bond donors (Lipinski definition) is 1. The van der Waals surface area contributed by atoms with Gasteiger partial charge in [-0.1, -0.05) is 0 Å². The summed E-state index contributed by atoms with van der Waals surface area (Å²) in [6, 6.07) is 8.11. The molecule has 0 aliphatic carbocycles. The van der Waals surface area contributed by atoms with Gasteiger partial charge in [0.2, 0.25) is 10.0 Å². The SMILES string of the molecule is COc1ccc(OC)c(C(C)NS(=O)(=O)c2cc(C)c(OC)cc2C)c1. The molecule has 2 rings (SSSR count). The fourth-order valence-corrected chi connectivity index (χ4v) is 4.34. The molecule has 0 saturated heterocycles. The molecule has 0 aliphatic heterocycles. The van der Waals surface area contributed by atoms with Crippen LogP contribution < -0.4 is 18.9 Å². The van der Waals surface area contributed by atoms with Gasteiger partial charge in [-0.2, -0.15) is 0 Å². The molecule has 0 saturated carbocycles. The molecule has 0 radical (unpaired) electrons. The van der Waals surface area contributed by atoms with Crippen LogP contribution in [0, 0.1) is 13.8 Å². The summed E-state index contributed by atoms with van der Waals surface area (Å²) in [6.45, 7) is 5.32. The lowest BCUT2D eigenvalue weighted by atomic mass is 10.1. The van der Waals surface area contributed by atoms with Crippen molar-refractivity contribution >= 4 is 10.0 Å². The smallest absolute Gasteiger partial charge is 0.241 e. The van der Waals surface area contributed by atoms with E-state index < -0.39 is 16.1 Å². The van der Waals surface area contributed by atoms with Gasteiger partial charge in [0.1, 0.15) is 17.2 Å². The maximum Gasteiger partial charge on any atom is 0.241 e. The molecule has 26 heavy (non-hydrogen) atoms. The van der Waals surface area contributed by atoms with E-state index in [2.05, 4.69) is 4.72 Å². The van der Waals surface area contributed by atoms with Crippen LogP contribution in [-0.2, 0) is 10.0 Å². The Labute approximate surface area is 155 Å². The quantitative estimate of drug-likeness (QED) is 0.798. The summed E-state index contributed by atoms with van der Waals surface area (Å²) >= 11 is 0. The summed E-state index contributed by atoms with van der Waals surface area (Å²) in [5.41, 5.74) is 2.06. The van der Waals surface area contributed by atoms with Gasteiger partial charge in [-0.25, -0.2) is 13.1 Å². The van der Waals surface area contributed by atoms with Gasteiger partial charge in [-0.15, -0.1) is 0 Å². The first kappa shape index (κ1) is 20.1. The van der Waals surface area contributed by atoms with E-state index in [1.807, 2.05) is 6.92 Å². The zero-order chi connectivity index (χ0) is 19.5. The molecule has 2 aromatic rings. The third-order valence-electron chi connectivity index (χ3n) is 4.22. The van der Waals surface area contributed by atoms with Gasteiger partial charge in [-0.05, 0) is 62.2 Å². The predicted molar refractivity (Wildman–Crippen MR) is 101 cm³/mol. The van der Waals surface area contributed by atoms with Gasteiger partial charge in [0, 0.05) is 11.6 Å². The molecule has 1 unspecified atom stereocenters. The van der Waals surface area contributed by atoms with E-state index in [0.29, 0.717) is 28.4 Å². The van der Waals surface area contributed by atoms with Crippen LogP contribution in [0.4, 0.5) is 0 Å². The van der Waals surface area contributed by atoms with Crippen LogP contribution in [0.2, 0.25) is 0 Å². The molecule has 0 amide bonds. The number of rotatable bonds is 7. The molecule has 2 aromatic carbocycles. The molecule has 0 aliphatic rings. The van der Waals surface area contributed by atoms with Crippen LogP contribution in [0.15, 0.2) is 35.2 Å². The highest BCUT2D eigenvalue weighted by Gasteiger charge is 2.23. The second-order valence-electron chi connectivity index (χ2n) is 6.04. The van der Waals surface area contributed by atoms with Crippen LogP contribution in [-0.4, -0.2) is 29.7 Å². The van der Waals surface area contributed by atoms with E-state index in [4.69, 9.17) is 14.2 Å². The third-order valence-corrected chi connectivity index (χ3v) is 5.90. The summed E-state index contributed by atoms with van der Waals surface area (Å²) in [7, 11) is 0.933.